The standard InChI is InChI=1S/C31H55N3O5/c1-8-9-14-33-31(37)26(22(4)5)19-28(35)27(32)18-24(21(2)3)20-34-30(36)25-13-12-23(6)17-29(25)39-16-11-10-15-38-7/h12-13,17,21-22,24,26-28,35H,8-11,14-16,18-20,32H2,1-7H3,(H,33,37)(H,34,36)/t24-,26+,27+,28+/m1/s1. The first-order chi connectivity index (χ1) is 18.5. The number of unbranched alkanes of at least 4 members (excludes halogenated alkanes) is 2. The molecule has 1 aromatic rings. The van der Waals surface area contributed by atoms with Gasteiger partial charge in [-0.05, 0) is 74.5 Å². The van der Waals surface area contributed by atoms with Gasteiger partial charge in [0.1, 0.15) is 5.75 Å². The maximum Gasteiger partial charge on any atom is 0.255 e. The Morgan fingerprint density at radius 1 is 1.00 bits per heavy atom. The third-order valence-corrected chi connectivity index (χ3v) is 7.39. The van der Waals surface area contributed by atoms with Crippen molar-refractivity contribution >= 4 is 11.8 Å². The van der Waals surface area contributed by atoms with Crippen molar-refractivity contribution in [1.82, 2.24) is 10.6 Å². The molecule has 39 heavy (non-hydrogen) atoms. The monoisotopic (exact) mass is 549 g/mol. The van der Waals surface area contributed by atoms with E-state index < -0.39 is 12.1 Å². The van der Waals surface area contributed by atoms with Gasteiger partial charge in [-0.3, -0.25) is 9.59 Å². The normalized spacial score (nSPS) is 14.6. The van der Waals surface area contributed by atoms with Gasteiger partial charge in [-0.1, -0.05) is 47.1 Å². The number of aliphatic hydroxyl groups excluding tert-OH is 1. The number of carbonyl (C=O) groups excluding carboxylic acids is 2. The van der Waals surface area contributed by atoms with Gasteiger partial charge in [0, 0.05) is 38.8 Å². The molecule has 0 aliphatic rings. The van der Waals surface area contributed by atoms with Crippen molar-refractivity contribution in [1.29, 1.82) is 0 Å². The number of benzene rings is 1. The quantitative estimate of drug-likeness (QED) is 0.178. The summed E-state index contributed by atoms with van der Waals surface area (Å²) in [4.78, 5) is 25.8. The second kappa shape index (κ2) is 19.0. The minimum atomic E-state index is -0.804. The first kappa shape index (κ1) is 34.9. The van der Waals surface area contributed by atoms with Crippen molar-refractivity contribution < 1.29 is 24.2 Å². The summed E-state index contributed by atoms with van der Waals surface area (Å²) in [6.07, 6.45) is 3.75. The number of hydrogen-bond donors (Lipinski definition) is 4. The van der Waals surface area contributed by atoms with Gasteiger partial charge < -0.3 is 30.9 Å². The lowest BCUT2D eigenvalue weighted by atomic mass is 9.83. The van der Waals surface area contributed by atoms with Crippen LogP contribution in [-0.2, 0) is 9.53 Å². The molecule has 0 fully saturated rings. The predicted molar refractivity (Wildman–Crippen MR) is 158 cm³/mol. The summed E-state index contributed by atoms with van der Waals surface area (Å²) < 4.78 is 11.0. The van der Waals surface area contributed by atoms with Crippen LogP contribution < -0.4 is 21.1 Å². The molecule has 0 radical (unpaired) electrons. The summed E-state index contributed by atoms with van der Waals surface area (Å²) in [6.45, 7) is 14.5. The van der Waals surface area contributed by atoms with E-state index in [1.54, 1.807) is 13.2 Å². The lowest BCUT2D eigenvalue weighted by molar-refractivity contribution is -0.127. The molecule has 0 spiro atoms. The molecule has 0 unspecified atom stereocenters. The summed E-state index contributed by atoms with van der Waals surface area (Å²) in [6, 6.07) is 5.10. The number of methoxy groups -OCH3 is 1. The molecule has 0 saturated carbocycles. The molecule has 5 N–H and O–H groups in total. The molecule has 0 aromatic heterocycles. The average molecular weight is 550 g/mol. The Morgan fingerprint density at radius 3 is 2.31 bits per heavy atom. The highest BCUT2D eigenvalue weighted by atomic mass is 16.5. The fourth-order valence-corrected chi connectivity index (χ4v) is 4.52. The SMILES string of the molecule is CCCCNC(=O)[C@@H](C[C@H](O)[C@@H](N)C[C@H](CNC(=O)c1ccc(C)cc1OCCCCOC)C(C)C)C(C)C. The number of aliphatic hydroxyl groups is 1. The first-order valence-electron chi connectivity index (χ1n) is 14.7. The summed E-state index contributed by atoms with van der Waals surface area (Å²) in [5.41, 5.74) is 7.98. The summed E-state index contributed by atoms with van der Waals surface area (Å²) in [5, 5.41) is 17.0. The van der Waals surface area contributed by atoms with E-state index in [2.05, 4.69) is 31.4 Å². The van der Waals surface area contributed by atoms with Crippen LogP contribution in [0.2, 0.25) is 0 Å². The van der Waals surface area contributed by atoms with E-state index in [4.69, 9.17) is 15.2 Å². The second-order valence-electron chi connectivity index (χ2n) is 11.5. The number of nitrogens with two attached hydrogens (primary N) is 1. The third-order valence-electron chi connectivity index (χ3n) is 7.39. The van der Waals surface area contributed by atoms with Crippen LogP contribution in [0.15, 0.2) is 18.2 Å². The van der Waals surface area contributed by atoms with Crippen molar-refractivity contribution in [3.05, 3.63) is 29.3 Å². The number of nitrogens with one attached hydrogen (secondary N) is 2. The van der Waals surface area contributed by atoms with E-state index in [-0.39, 0.29) is 35.5 Å². The molecule has 224 valence electrons. The second-order valence-corrected chi connectivity index (χ2v) is 11.5. The van der Waals surface area contributed by atoms with Crippen LogP contribution in [-0.4, -0.2) is 62.5 Å². The van der Waals surface area contributed by atoms with E-state index >= 15 is 0 Å². The van der Waals surface area contributed by atoms with Gasteiger partial charge in [0.15, 0.2) is 0 Å². The van der Waals surface area contributed by atoms with Gasteiger partial charge in [0.2, 0.25) is 5.91 Å². The highest BCUT2D eigenvalue weighted by Crippen LogP contribution is 2.24. The summed E-state index contributed by atoms with van der Waals surface area (Å²) in [5.74, 6) is 0.483. The van der Waals surface area contributed by atoms with Crippen LogP contribution in [0, 0.1) is 30.6 Å². The Labute approximate surface area is 236 Å². The topological polar surface area (TPSA) is 123 Å². The Bertz CT molecular complexity index is 846. The van der Waals surface area contributed by atoms with Crippen molar-refractivity contribution in [3.63, 3.8) is 0 Å². The third kappa shape index (κ3) is 13.2. The van der Waals surface area contributed by atoms with Crippen LogP contribution >= 0.6 is 0 Å². The Hall–Kier alpha value is -2.16. The first-order valence-corrected chi connectivity index (χ1v) is 14.7. The lowest BCUT2D eigenvalue weighted by Gasteiger charge is -2.30. The van der Waals surface area contributed by atoms with Crippen LogP contribution in [0.4, 0.5) is 0 Å². The van der Waals surface area contributed by atoms with E-state index in [9.17, 15) is 14.7 Å². The van der Waals surface area contributed by atoms with E-state index in [0.717, 1.165) is 31.2 Å². The number of amides is 2. The number of hydrogen-bond acceptors (Lipinski definition) is 6. The van der Waals surface area contributed by atoms with Gasteiger partial charge in [-0.15, -0.1) is 0 Å². The number of ether oxygens (including phenoxy) is 2. The summed E-state index contributed by atoms with van der Waals surface area (Å²) >= 11 is 0. The Morgan fingerprint density at radius 2 is 1.69 bits per heavy atom. The maximum absolute atomic E-state index is 13.1. The predicted octanol–water partition coefficient (Wildman–Crippen LogP) is 4.46. The molecule has 0 bridgehead atoms. The zero-order valence-corrected chi connectivity index (χ0v) is 25.4. The Kier molecular flexibility index (Phi) is 17.0. The largest absolute Gasteiger partial charge is 0.493 e. The highest BCUT2D eigenvalue weighted by molar-refractivity contribution is 5.97. The number of carbonyl (C=O) groups is 2. The smallest absolute Gasteiger partial charge is 0.255 e. The van der Waals surface area contributed by atoms with Gasteiger partial charge in [-0.2, -0.15) is 0 Å². The molecule has 0 heterocycles. The number of aryl methyl sites for hydroxylation is 1. The lowest BCUT2D eigenvalue weighted by Crippen LogP contribution is -2.44. The van der Waals surface area contributed by atoms with Gasteiger partial charge in [-0.25, -0.2) is 0 Å². The van der Waals surface area contributed by atoms with Crippen LogP contribution in [0.1, 0.15) is 89.1 Å². The van der Waals surface area contributed by atoms with Crippen molar-refractivity contribution in [2.24, 2.45) is 29.4 Å². The van der Waals surface area contributed by atoms with Gasteiger partial charge in [0.05, 0.1) is 18.3 Å². The highest BCUT2D eigenvalue weighted by Gasteiger charge is 2.29. The molecule has 8 heteroatoms. The van der Waals surface area contributed by atoms with Crippen molar-refractivity contribution in [3.8, 4) is 5.75 Å². The fraction of sp³-hybridized carbons (Fsp3) is 0.742. The fourth-order valence-electron chi connectivity index (χ4n) is 4.52. The van der Waals surface area contributed by atoms with Crippen molar-refractivity contribution in [2.45, 2.75) is 92.2 Å². The molecule has 0 saturated heterocycles. The van der Waals surface area contributed by atoms with E-state index in [0.29, 0.717) is 50.5 Å². The van der Waals surface area contributed by atoms with Gasteiger partial charge >= 0.3 is 0 Å². The molecule has 0 aliphatic heterocycles. The molecule has 0 aliphatic carbocycles. The van der Waals surface area contributed by atoms with Crippen LogP contribution in [0.25, 0.3) is 0 Å². The minimum Gasteiger partial charge on any atom is -0.493 e. The Balaban J connectivity index is 2.75. The molecule has 4 atom stereocenters. The molecule has 2 amide bonds. The zero-order valence-electron chi connectivity index (χ0n) is 25.4. The summed E-state index contributed by atoms with van der Waals surface area (Å²) in [7, 11) is 1.68. The molecular formula is C31H55N3O5. The molecular weight excluding hydrogens is 494 g/mol. The van der Waals surface area contributed by atoms with E-state index in [1.165, 1.54) is 0 Å². The minimum absolute atomic E-state index is 0.0211. The number of rotatable bonds is 20. The van der Waals surface area contributed by atoms with Crippen molar-refractivity contribution in [2.75, 3.05) is 33.4 Å². The van der Waals surface area contributed by atoms with Crippen LogP contribution in [0.5, 0.6) is 5.75 Å². The molecule has 1 rings (SSSR count). The molecule has 8 nitrogen and oxygen atoms in total. The zero-order chi connectivity index (χ0) is 29.4. The van der Waals surface area contributed by atoms with Gasteiger partial charge in [0.25, 0.3) is 5.91 Å². The average Bonchev–Trinajstić information content (AvgIpc) is 2.88. The molecule has 1 aromatic carbocycles. The van der Waals surface area contributed by atoms with Crippen LogP contribution in [0.3, 0.4) is 0 Å². The maximum atomic E-state index is 13.1. The van der Waals surface area contributed by atoms with E-state index in [1.807, 2.05) is 32.9 Å².